The van der Waals surface area contributed by atoms with Gasteiger partial charge in [0.15, 0.2) is 0 Å². The van der Waals surface area contributed by atoms with Crippen molar-refractivity contribution in [2.24, 2.45) is 0 Å². The van der Waals surface area contributed by atoms with E-state index < -0.39 is 0 Å². The minimum absolute atomic E-state index is 0.0672. The smallest absolute Gasteiger partial charge is 0.0352 e. The SMILES string of the molecule is CC1(C)c2ccc(-c3c4ccccc4c(-c4ccc(-c5ccc6c(c5)-c5ccccc5C6c5ccccc5)cc4)c4ccccc34)cc2-c2cc3ccccc3cc21.CC1(C)c2ccc(-c3c4ccccc4c(-c4ccc(-c5ccc6c(c5)-c5ccccc5C6c5ccccc5)cc4)c4ccccc34)cc2-c2ccc3ccccc3c21. The predicted molar refractivity (Wildman–Crippen MR) is 491 cm³/mol. The van der Waals surface area contributed by atoms with Gasteiger partial charge in [0, 0.05) is 22.7 Å². The van der Waals surface area contributed by atoms with Gasteiger partial charge in [-0.1, -0.05) is 392 Å². The highest BCUT2D eigenvalue weighted by Crippen LogP contribution is 2.57. The normalized spacial score (nSPS) is 14.7. The molecule has 2 unspecified atom stereocenters. The third-order valence-corrected chi connectivity index (χ3v) is 26.7. The van der Waals surface area contributed by atoms with Crippen LogP contribution in [-0.4, -0.2) is 0 Å². The van der Waals surface area contributed by atoms with Gasteiger partial charge in [-0.2, -0.15) is 0 Å². The van der Waals surface area contributed by atoms with E-state index in [1.165, 1.54) is 232 Å². The fraction of sp³-hybridized carbons (Fsp3) is 0.0690. The Morgan fingerprint density at radius 1 is 0.172 bits per heavy atom. The Balaban J connectivity index is 0.000000137. The molecule has 0 saturated carbocycles. The van der Waals surface area contributed by atoms with Gasteiger partial charge < -0.3 is 0 Å². The first-order chi connectivity index (χ1) is 57.1. The summed E-state index contributed by atoms with van der Waals surface area (Å²) in [6.45, 7) is 9.53. The lowest BCUT2D eigenvalue weighted by atomic mass is 9.80. The van der Waals surface area contributed by atoms with Crippen molar-refractivity contribution in [3.63, 3.8) is 0 Å². The second-order valence-corrected chi connectivity index (χ2v) is 33.5. The first kappa shape index (κ1) is 67.6. The topological polar surface area (TPSA) is 0 Å². The molecule has 0 aromatic heterocycles. The molecule has 20 aromatic rings. The van der Waals surface area contributed by atoms with Crippen molar-refractivity contribution in [1.29, 1.82) is 0 Å². The molecular formula is C116H80. The number of fused-ring (bicyclic) bond motifs is 19. The van der Waals surface area contributed by atoms with Crippen LogP contribution in [0.2, 0.25) is 0 Å². The summed E-state index contributed by atoms with van der Waals surface area (Å²) in [5.41, 5.74) is 39.6. The zero-order chi connectivity index (χ0) is 77.1. The van der Waals surface area contributed by atoms with Gasteiger partial charge in [0.25, 0.3) is 0 Å². The van der Waals surface area contributed by atoms with E-state index in [1.807, 2.05) is 0 Å². The third-order valence-electron chi connectivity index (χ3n) is 26.7. The van der Waals surface area contributed by atoms with E-state index in [0.717, 1.165) is 0 Å². The third kappa shape index (κ3) is 10.4. The number of benzene rings is 20. The van der Waals surface area contributed by atoms with Crippen molar-refractivity contribution in [1.82, 2.24) is 0 Å². The molecule has 0 heterocycles. The highest BCUT2D eigenvalue weighted by atomic mass is 14.4. The molecule has 0 radical (unpaired) electrons. The Labute approximate surface area is 677 Å². The first-order valence-electron chi connectivity index (χ1n) is 41.1. The first-order valence-corrected chi connectivity index (χ1v) is 41.1. The summed E-state index contributed by atoms with van der Waals surface area (Å²) >= 11 is 0. The van der Waals surface area contributed by atoms with Crippen LogP contribution in [0.15, 0.2) is 400 Å². The fourth-order valence-corrected chi connectivity index (χ4v) is 21.3. The summed E-state index contributed by atoms with van der Waals surface area (Å²) in [4.78, 5) is 0. The van der Waals surface area contributed by atoms with Crippen LogP contribution in [0.3, 0.4) is 0 Å². The highest BCUT2D eigenvalue weighted by Gasteiger charge is 2.39. The van der Waals surface area contributed by atoms with Crippen molar-refractivity contribution >= 4 is 64.6 Å². The van der Waals surface area contributed by atoms with Crippen LogP contribution in [0.5, 0.6) is 0 Å². The Hall–Kier alpha value is -14.0. The molecule has 0 bridgehead atoms. The number of rotatable bonds is 8. The van der Waals surface area contributed by atoms with Crippen LogP contribution in [0, 0.1) is 0 Å². The fourth-order valence-electron chi connectivity index (χ4n) is 21.3. The standard InChI is InChI=1S/2C58H40/c1-58(2)53-33-30-41(35-52(53)50-32-28-37-14-6-7-17-42(37)57(50)58)56-47-22-12-10-20-45(47)55(46-21-11-13-23-48(46)56)39-26-24-36(25-27-39)40-29-31-49-51(34-40)43-18-8-9-19-44(43)54(49)38-15-4-3-5-16-38;1-58(2)53-31-29-42(34-51(53)52-33-39-16-6-7-17-40(39)35-54(52)58)57-47-22-12-10-20-45(47)56(46-21-11-13-23-48(46)57)38-26-24-36(25-27-38)41-28-30-49-50(32-41)43-18-8-9-19-44(43)55(49)37-14-4-3-5-15-37/h3-35,54H,1-2H3;3-35,55H,1-2H3. The maximum Gasteiger partial charge on any atom is 0.0352 e. The Morgan fingerprint density at radius 3 is 0.931 bits per heavy atom. The monoisotopic (exact) mass is 1470 g/mol. The summed E-state index contributed by atoms with van der Waals surface area (Å²) in [7, 11) is 0. The van der Waals surface area contributed by atoms with Gasteiger partial charge >= 0.3 is 0 Å². The Bertz CT molecular complexity index is 7040. The van der Waals surface area contributed by atoms with Gasteiger partial charge in [0.05, 0.1) is 0 Å². The van der Waals surface area contributed by atoms with Crippen LogP contribution in [0.1, 0.15) is 95.2 Å². The largest absolute Gasteiger partial charge is 0.0622 e. The summed E-state index contributed by atoms with van der Waals surface area (Å²) in [5.74, 6) is 0.515. The molecule has 0 heteroatoms. The molecule has 0 spiro atoms. The van der Waals surface area contributed by atoms with Gasteiger partial charge in [-0.05, 0) is 268 Å². The maximum absolute atomic E-state index is 2.47. The second-order valence-electron chi connectivity index (χ2n) is 33.5. The van der Waals surface area contributed by atoms with Crippen molar-refractivity contribution in [3.05, 3.63) is 456 Å². The Kier molecular flexibility index (Phi) is 15.3. The van der Waals surface area contributed by atoms with Gasteiger partial charge in [-0.25, -0.2) is 0 Å². The zero-order valence-electron chi connectivity index (χ0n) is 65.3. The van der Waals surface area contributed by atoms with Crippen molar-refractivity contribution < 1.29 is 0 Å². The molecule has 0 amide bonds. The Morgan fingerprint density at radius 2 is 0.483 bits per heavy atom. The van der Waals surface area contributed by atoms with E-state index >= 15 is 0 Å². The molecule has 544 valence electrons. The lowest BCUT2D eigenvalue weighted by Crippen LogP contribution is -2.15. The van der Waals surface area contributed by atoms with Gasteiger partial charge in [0.1, 0.15) is 0 Å². The molecule has 2 atom stereocenters. The van der Waals surface area contributed by atoms with Crippen LogP contribution >= 0.6 is 0 Å². The number of hydrogen-bond acceptors (Lipinski definition) is 0. The van der Waals surface area contributed by atoms with Gasteiger partial charge in [-0.3, -0.25) is 0 Å². The molecular weight excluding hydrogens is 1390 g/mol. The van der Waals surface area contributed by atoms with Crippen LogP contribution in [0.25, 0.3) is 176 Å². The molecule has 0 N–H and O–H groups in total. The average molecular weight is 1470 g/mol. The van der Waals surface area contributed by atoms with Crippen LogP contribution in [-0.2, 0) is 10.8 Å². The molecule has 4 aliphatic carbocycles. The molecule has 24 rings (SSSR count). The van der Waals surface area contributed by atoms with Crippen molar-refractivity contribution in [3.8, 4) is 111 Å². The lowest BCUT2D eigenvalue weighted by molar-refractivity contribution is 0.661. The van der Waals surface area contributed by atoms with Crippen LogP contribution in [0.4, 0.5) is 0 Å². The minimum atomic E-state index is -0.0842. The van der Waals surface area contributed by atoms with E-state index in [-0.39, 0.29) is 22.7 Å². The highest BCUT2D eigenvalue weighted by molar-refractivity contribution is 6.23. The summed E-state index contributed by atoms with van der Waals surface area (Å²) in [6, 6.07) is 150. The molecule has 0 saturated heterocycles. The van der Waals surface area contributed by atoms with Gasteiger partial charge in [-0.15, -0.1) is 0 Å². The molecule has 0 nitrogen and oxygen atoms in total. The zero-order valence-corrected chi connectivity index (χ0v) is 65.3. The minimum Gasteiger partial charge on any atom is -0.0622 e. The molecule has 4 aliphatic rings. The molecule has 116 heavy (non-hydrogen) atoms. The van der Waals surface area contributed by atoms with Gasteiger partial charge in [0.2, 0.25) is 0 Å². The van der Waals surface area contributed by atoms with Crippen molar-refractivity contribution in [2.75, 3.05) is 0 Å². The molecule has 20 aromatic carbocycles. The van der Waals surface area contributed by atoms with E-state index in [0.29, 0.717) is 0 Å². The average Bonchev–Trinajstić information content (AvgIpc) is 1.39. The van der Waals surface area contributed by atoms with E-state index in [2.05, 4.69) is 428 Å². The summed E-state index contributed by atoms with van der Waals surface area (Å²) in [6.07, 6.45) is 0. The summed E-state index contributed by atoms with van der Waals surface area (Å²) < 4.78 is 0. The van der Waals surface area contributed by atoms with Crippen LogP contribution < -0.4 is 0 Å². The predicted octanol–water partition coefficient (Wildman–Crippen LogP) is 31.2. The van der Waals surface area contributed by atoms with E-state index in [4.69, 9.17) is 0 Å². The molecule has 0 aliphatic heterocycles. The molecule has 0 fully saturated rings. The quantitative estimate of drug-likeness (QED) is 0.133. The van der Waals surface area contributed by atoms with Crippen molar-refractivity contribution in [2.45, 2.75) is 50.4 Å². The van der Waals surface area contributed by atoms with E-state index in [1.54, 1.807) is 0 Å². The maximum atomic E-state index is 2.47. The number of hydrogen-bond donors (Lipinski definition) is 0. The lowest BCUT2D eigenvalue weighted by Gasteiger charge is -2.23. The summed E-state index contributed by atoms with van der Waals surface area (Å²) in [5, 5.41) is 15.5. The second kappa shape index (κ2) is 26.3. The van der Waals surface area contributed by atoms with E-state index in [9.17, 15) is 0 Å².